The van der Waals surface area contributed by atoms with E-state index in [0.717, 1.165) is 15.8 Å². The third-order valence-corrected chi connectivity index (χ3v) is 7.15. The molecular weight excluding hydrogens is 481 g/mol. The van der Waals surface area contributed by atoms with Crippen LogP contribution in [0.3, 0.4) is 0 Å². The SMILES string of the molecule is Cc1c(NC(=O)c2cnn3c2N[C@H](c2cccs2)C[C@@H]3C(F)(F)F)c(=O)n(-c2ccccc2)n1C. The number of benzene rings is 1. The number of hydrogen-bond donors (Lipinski definition) is 2. The zero-order chi connectivity index (χ0) is 24.9. The molecule has 0 aliphatic carbocycles. The molecule has 3 aromatic heterocycles. The van der Waals surface area contributed by atoms with Gasteiger partial charge in [-0.3, -0.25) is 14.3 Å². The Hall–Kier alpha value is -3.80. The molecule has 0 radical (unpaired) electrons. The number of thiophene rings is 1. The maximum Gasteiger partial charge on any atom is 0.410 e. The van der Waals surface area contributed by atoms with Gasteiger partial charge in [0.15, 0.2) is 6.04 Å². The van der Waals surface area contributed by atoms with Crippen LogP contribution in [0, 0.1) is 6.92 Å². The summed E-state index contributed by atoms with van der Waals surface area (Å²) in [5.74, 6) is -0.760. The van der Waals surface area contributed by atoms with Crippen molar-refractivity contribution >= 4 is 28.7 Å². The Balaban J connectivity index is 1.51. The number of rotatable bonds is 4. The fourth-order valence-corrected chi connectivity index (χ4v) is 5.09. The van der Waals surface area contributed by atoms with E-state index in [1.54, 1.807) is 60.4 Å². The minimum atomic E-state index is -4.55. The standard InChI is InChI=1S/C23H21F3N6O2S/c1-13-19(22(34)32(30(13)2)14-7-4-3-5-8-14)29-21(33)15-12-27-31-18(23(24,25)26)11-16(28-20(15)31)17-9-6-10-35-17/h3-10,12,16,18,28H,11H2,1-2H3,(H,29,33)/t16-,18+/m0/s1. The summed E-state index contributed by atoms with van der Waals surface area (Å²) in [5, 5.41) is 11.3. The highest BCUT2D eigenvalue weighted by Crippen LogP contribution is 2.45. The Bertz CT molecular complexity index is 1440. The molecule has 1 aliphatic heterocycles. The Kier molecular flexibility index (Phi) is 5.55. The van der Waals surface area contributed by atoms with Gasteiger partial charge in [0.2, 0.25) is 0 Å². The van der Waals surface area contributed by atoms with Crippen LogP contribution >= 0.6 is 11.3 Å². The number of para-hydroxylation sites is 1. The number of amides is 1. The van der Waals surface area contributed by atoms with Crippen molar-refractivity contribution in [2.24, 2.45) is 7.05 Å². The second kappa shape index (κ2) is 8.45. The van der Waals surface area contributed by atoms with Crippen molar-refractivity contribution in [2.45, 2.75) is 31.6 Å². The van der Waals surface area contributed by atoms with Gasteiger partial charge in [0, 0.05) is 18.3 Å². The fraction of sp³-hybridized carbons (Fsp3) is 0.261. The van der Waals surface area contributed by atoms with Crippen LogP contribution in [0.25, 0.3) is 5.69 Å². The fourth-order valence-electron chi connectivity index (χ4n) is 4.30. The van der Waals surface area contributed by atoms with E-state index in [1.165, 1.54) is 16.0 Å². The second-order valence-electron chi connectivity index (χ2n) is 8.25. The van der Waals surface area contributed by atoms with Crippen molar-refractivity contribution < 1.29 is 18.0 Å². The number of carbonyl (C=O) groups is 1. The zero-order valence-electron chi connectivity index (χ0n) is 18.7. The second-order valence-corrected chi connectivity index (χ2v) is 9.23. The predicted octanol–water partition coefficient (Wildman–Crippen LogP) is 4.66. The zero-order valence-corrected chi connectivity index (χ0v) is 19.5. The molecule has 8 nitrogen and oxygen atoms in total. The molecule has 4 heterocycles. The van der Waals surface area contributed by atoms with Crippen LogP contribution < -0.4 is 16.2 Å². The molecule has 0 fully saturated rings. The van der Waals surface area contributed by atoms with Crippen molar-refractivity contribution in [3.05, 3.63) is 80.5 Å². The molecule has 2 N–H and O–H groups in total. The van der Waals surface area contributed by atoms with Gasteiger partial charge in [-0.25, -0.2) is 9.36 Å². The number of nitrogens with one attached hydrogen (secondary N) is 2. The first-order valence-electron chi connectivity index (χ1n) is 10.8. The van der Waals surface area contributed by atoms with E-state index in [9.17, 15) is 22.8 Å². The number of hydrogen-bond acceptors (Lipinski definition) is 5. The molecule has 1 aliphatic rings. The molecule has 5 rings (SSSR count). The molecule has 35 heavy (non-hydrogen) atoms. The number of nitrogens with zero attached hydrogens (tertiary/aromatic N) is 4. The van der Waals surface area contributed by atoms with Crippen molar-refractivity contribution in [1.29, 1.82) is 0 Å². The van der Waals surface area contributed by atoms with Crippen molar-refractivity contribution in [3.63, 3.8) is 0 Å². The molecule has 0 saturated carbocycles. The lowest BCUT2D eigenvalue weighted by Crippen LogP contribution is -2.36. The summed E-state index contributed by atoms with van der Waals surface area (Å²) in [7, 11) is 1.68. The van der Waals surface area contributed by atoms with Crippen LogP contribution in [0.1, 0.15) is 39.4 Å². The lowest BCUT2D eigenvalue weighted by atomic mass is 10.0. The van der Waals surface area contributed by atoms with E-state index in [2.05, 4.69) is 15.7 Å². The van der Waals surface area contributed by atoms with Crippen LogP contribution in [-0.4, -0.2) is 31.2 Å². The van der Waals surface area contributed by atoms with Gasteiger partial charge in [-0.1, -0.05) is 24.3 Å². The van der Waals surface area contributed by atoms with E-state index in [0.29, 0.717) is 11.4 Å². The number of halogens is 3. The smallest absolute Gasteiger partial charge is 0.362 e. The first-order chi connectivity index (χ1) is 16.7. The van der Waals surface area contributed by atoms with Gasteiger partial charge in [-0.05, 0) is 30.5 Å². The van der Waals surface area contributed by atoms with Gasteiger partial charge in [0.25, 0.3) is 11.5 Å². The van der Waals surface area contributed by atoms with E-state index in [1.807, 2.05) is 6.07 Å². The topological polar surface area (TPSA) is 85.9 Å². The van der Waals surface area contributed by atoms with Gasteiger partial charge in [0.1, 0.15) is 17.1 Å². The summed E-state index contributed by atoms with van der Waals surface area (Å²) in [4.78, 5) is 27.1. The largest absolute Gasteiger partial charge is 0.410 e. The molecule has 1 amide bonds. The molecular formula is C23H21F3N6O2S. The maximum absolute atomic E-state index is 13.9. The molecule has 0 bridgehead atoms. The highest BCUT2D eigenvalue weighted by molar-refractivity contribution is 7.10. The maximum atomic E-state index is 13.9. The third-order valence-electron chi connectivity index (χ3n) is 6.16. The summed E-state index contributed by atoms with van der Waals surface area (Å²) in [6.45, 7) is 1.68. The molecule has 2 atom stereocenters. The molecule has 0 saturated heterocycles. The van der Waals surface area contributed by atoms with Crippen LogP contribution in [0.15, 0.2) is 58.8 Å². The summed E-state index contributed by atoms with van der Waals surface area (Å²) in [5.41, 5.74) is 0.614. The van der Waals surface area contributed by atoms with Gasteiger partial charge in [-0.15, -0.1) is 11.3 Å². The highest BCUT2D eigenvalue weighted by atomic mass is 32.1. The van der Waals surface area contributed by atoms with Crippen molar-refractivity contribution in [1.82, 2.24) is 19.1 Å². The Morgan fingerprint density at radius 3 is 2.60 bits per heavy atom. The van der Waals surface area contributed by atoms with Gasteiger partial charge in [0.05, 0.1) is 23.6 Å². The molecule has 4 aromatic rings. The normalized spacial score (nSPS) is 17.6. The number of alkyl halides is 3. The monoisotopic (exact) mass is 502 g/mol. The summed E-state index contributed by atoms with van der Waals surface area (Å²) < 4.78 is 45.4. The molecule has 0 unspecified atom stereocenters. The minimum absolute atomic E-state index is 0.0357. The van der Waals surface area contributed by atoms with E-state index in [-0.39, 0.29) is 23.5 Å². The number of fused-ring (bicyclic) bond motifs is 1. The highest BCUT2D eigenvalue weighted by Gasteiger charge is 2.47. The summed E-state index contributed by atoms with van der Waals surface area (Å²) in [6, 6.07) is 9.90. The summed E-state index contributed by atoms with van der Waals surface area (Å²) in [6.07, 6.45) is -3.70. The van der Waals surface area contributed by atoms with Gasteiger partial charge in [-0.2, -0.15) is 18.3 Å². The van der Waals surface area contributed by atoms with Gasteiger partial charge >= 0.3 is 6.18 Å². The Morgan fingerprint density at radius 2 is 1.94 bits per heavy atom. The van der Waals surface area contributed by atoms with E-state index >= 15 is 0 Å². The summed E-state index contributed by atoms with van der Waals surface area (Å²) >= 11 is 1.34. The number of aromatic nitrogens is 4. The Labute approximate surface area is 201 Å². The number of carbonyl (C=O) groups excluding carboxylic acids is 1. The van der Waals surface area contributed by atoms with Crippen molar-refractivity contribution in [3.8, 4) is 5.69 Å². The average molecular weight is 503 g/mol. The first-order valence-corrected chi connectivity index (χ1v) is 11.6. The van der Waals surface area contributed by atoms with E-state index in [4.69, 9.17) is 0 Å². The van der Waals surface area contributed by atoms with Crippen LogP contribution in [0.5, 0.6) is 0 Å². The molecule has 182 valence electrons. The lowest BCUT2D eigenvalue weighted by Gasteiger charge is -2.33. The minimum Gasteiger partial charge on any atom is -0.362 e. The van der Waals surface area contributed by atoms with Crippen molar-refractivity contribution in [2.75, 3.05) is 10.6 Å². The number of anilines is 2. The lowest BCUT2D eigenvalue weighted by molar-refractivity contribution is -0.173. The molecule has 1 aromatic carbocycles. The molecule has 12 heteroatoms. The average Bonchev–Trinajstić information content (AvgIpc) is 3.55. The quantitative estimate of drug-likeness (QED) is 0.425. The van der Waals surface area contributed by atoms with E-state index < -0.39 is 29.7 Å². The predicted molar refractivity (Wildman–Crippen MR) is 126 cm³/mol. The van der Waals surface area contributed by atoms with Crippen LogP contribution in [0.2, 0.25) is 0 Å². The molecule has 0 spiro atoms. The van der Waals surface area contributed by atoms with Crippen LogP contribution in [0.4, 0.5) is 24.7 Å². The first kappa shape index (κ1) is 23.0. The third kappa shape index (κ3) is 3.93. The van der Waals surface area contributed by atoms with Crippen LogP contribution in [-0.2, 0) is 7.05 Å². The van der Waals surface area contributed by atoms with Gasteiger partial charge < -0.3 is 10.6 Å². The Morgan fingerprint density at radius 1 is 1.20 bits per heavy atom.